The smallest absolute Gasteiger partial charge is 0.411 e. The lowest BCUT2D eigenvalue weighted by Gasteiger charge is -1.98. The first kappa shape index (κ1) is 9.53. The molecule has 0 saturated heterocycles. The molecule has 0 aliphatic carbocycles. The van der Waals surface area contributed by atoms with Gasteiger partial charge in [-0.25, -0.2) is 4.79 Å². The molecule has 0 fully saturated rings. The Hall–Kier alpha value is -1.56. The minimum atomic E-state index is -0.507. The summed E-state index contributed by atoms with van der Waals surface area (Å²) in [7, 11) is 1.31. The molecule has 0 atom stereocenters. The zero-order valence-corrected chi connectivity index (χ0v) is 7.36. The molecular formula is C7H12N4O2. The topological polar surface area (TPSA) is 82.2 Å². The first-order valence-corrected chi connectivity index (χ1v) is 3.83. The Kier molecular flexibility index (Phi) is 3.27. The first-order chi connectivity index (χ1) is 6.26. The van der Waals surface area contributed by atoms with Gasteiger partial charge in [0.25, 0.3) is 0 Å². The van der Waals surface area contributed by atoms with Crippen molar-refractivity contribution < 1.29 is 9.53 Å². The maximum atomic E-state index is 10.8. The Balaban J connectivity index is 2.53. The van der Waals surface area contributed by atoms with Gasteiger partial charge in [0.2, 0.25) is 0 Å². The van der Waals surface area contributed by atoms with Crippen LogP contribution in [0.3, 0.4) is 0 Å². The van der Waals surface area contributed by atoms with E-state index < -0.39 is 6.09 Å². The third-order valence-corrected chi connectivity index (χ3v) is 1.42. The van der Waals surface area contributed by atoms with E-state index in [1.165, 1.54) is 13.3 Å². The molecule has 1 aromatic rings. The largest absolute Gasteiger partial charge is 0.453 e. The highest BCUT2D eigenvalue weighted by Gasteiger charge is 2.02. The van der Waals surface area contributed by atoms with Gasteiger partial charge < -0.3 is 10.5 Å². The van der Waals surface area contributed by atoms with Crippen molar-refractivity contribution in [1.29, 1.82) is 0 Å². The molecular weight excluding hydrogens is 172 g/mol. The van der Waals surface area contributed by atoms with E-state index in [1.807, 2.05) is 0 Å². The number of methoxy groups -OCH3 is 1. The average Bonchev–Trinajstić information content (AvgIpc) is 2.53. The van der Waals surface area contributed by atoms with Crippen molar-refractivity contribution in [2.24, 2.45) is 5.73 Å². The van der Waals surface area contributed by atoms with Gasteiger partial charge >= 0.3 is 6.09 Å². The number of aromatic nitrogens is 2. The van der Waals surface area contributed by atoms with Crippen LogP contribution < -0.4 is 11.1 Å². The number of anilines is 1. The number of nitrogens with zero attached hydrogens (tertiary/aromatic N) is 2. The number of carbonyl (C=O) groups is 1. The van der Waals surface area contributed by atoms with Crippen molar-refractivity contribution in [1.82, 2.24) is 9.78 Å². The fourth-order valence-electron chi connectivity index (χ4n) is 0.852. The van der Waals surface area contributed by atoms with Crippen molar-refractivity contribution in [2.75, 3.05) is 19.0 Å². The summed E-state index contributed by atoms with van der Waals surface area (Å²) in [4.78, 5) is 10.8. The molecule has 72 valence electrons. The third-order valence-electron chi connectivity index (χ3n) is 1.42. The molecule has 1 aromatic heterocycles. The number of nitrogens with two attached hydrogens (primary N) is 1. The Morgan fingerprint density at radius 2 is 2.62 bits per heavy atom. The quantitative estimate of drug-likeness (QED) is 0.693. The molecule has 3 N–H and O–H groups in total. The summed E-state index contributed by atoms with van der Waals surface area (Å²) in [5, 5.41) is 6.44. The summed E-state index contributed by atoms with van der Waals surface area (Å²) in [5.74, 6) is 0. The molecule has 0 unspecified atom stereocenters. The second-order valence-electron chi connectivity index (χ2n) is 2.40. The third kappa shape index (κ3) is 2.75. The van der Waals surface area contributed by atoms with Crippen molar-refractivity contribution in [3.8, 4) is 0 Å². The van der Waals surface area contributed by atoms with E-state index in [1.54, 1.807) is 10.9 Å². The van der Waals surface area contributed by atoms with Gasteiger partial charge in [-0.05, 0) is 0 Å². The van der Waals surface area contributed by atoms with Crippen LogP contribution in [0.1, 0.15) is 0 Å². The standard InChI is InChI=1S/C7H12N4O2/c1-13-7(12)10-6-4-9-11(5-6)3-2-8/h4-5H,2-3,8H2,1H3,(H,10,12). The van der Waals surface area contributed by atoms with E-state index in [9.17, 15) is 4.79 Å². The number of rotatable bonds is 3. The molecule has 1 heterocycles. The number of hydrogen-bond donors (Lipinski definition) is 2. The van der Waals surface area contributed by atoms with Gasteiger partial charge in [0.15, 0.2) is 0 Å². The van der Waals surface area contributed by atoms with Crippen molar-refractivity contribution in [2.45, 2.75) is 6.54 Å². The van der Waals surface area contributed by atoms with E-state index in [-0.39, 0.29) is 0 Å². The predicted octanol–water partition coefficient (Wildman–Crippen LogP) is 0.0201. The number of amides is 1. The minimum Gasteiger partial charge on any atom is -0.453 e. The van der Waals surface area contributed by atoms with Crippen LogP contribution in [0.5, 0.6) is 0 Å². The van der Waals surface area contributed by atoms with Crippen LogP contribution in [0.15, 0.2) is 12.4 Å². The normalized spacial score (nSPS) is 9.69. The molecule has 6 nitrogen and oxygen atoms in total. The first-order valence-electron chi connectivity index (χ1n) is 3.83. The Bertz CT molecular complexity index is 284. The van der Waals surface area contributed by atoms with Gasteiger partial charge in [-0.2, -0.15) is 5.10 Å². The van der Waals surface area contributed by atoms with Crippen LogP contribution in [0, 0.1) is 0 Å². The zero-order chi connectivity index (χ0) is 9.68. The lowest BCUT2D eigenvalue weighted by Crippen LogP contribution is -2.11. The second-order valence-corrected chi connectivity index (χ2v) is 2.40. The summed E-state index contributed by atoms with van der Waals surface area (Å²) < 4.78 is 6.06. The van der Waals surface area contributed by atoms with Crippen molar-refractivity contribution >= 4 is 11.8 Å². The van der Waals surface area contributed by atoms with E-state index in [0.29, 0.717) is 18.8 Å². The highest BCUT2D eigenvalue weighted by molar-refractivity contribution is 5.83. The molecule has 0 bridgehead atoms. The molecule has 0 aromatic carbocycles. The molecule has 6 heteroatoms. The highest BCUT2D eigenvalue weighted by Crippen LogP contribution is 2.04. The van der Waals surface area contributed by atoms with Gasteiger partial charge in [0.05, 0.1) is 25.5 Å². The molecule has 0 aliphatic rings. The van der Waals surface area contributed by atoms with Gasteiger partial charge in [0.1, 0.15) is 0 Å². The van der Waals surface area contributed by atoms with E-state index in [2.05, 4.69) is 15.2 Å². The maximum Gasteiger partial charge on any atom is 0.411 e. The Labute approximate surface area is 75.7 Å². The number of hydrogen-bond acceptors (Lipinski definition) is 4. The molecule has 0 radical (unpaired) electrons. The second kappa shape index (κ2) is 4.46. The highest BCUT2D eigenvalue weighted by atomic mass is 16.5. The molecule has 1 rings (SSSR count). The molecule has 0 saturated carbocycles. The van der Waals surface area contributed by atoms with Crippen molar-refractivity contribution in [3.05, 3.63) is 12.4 Å². The number of carbonyl (C=O) groups excluding carboxylic acids is 1. The predicted molar refractivity (Wildman–Crippen MR) is 47.3 cm³/mol. The SMILES string of the molecule is COC(=O)Nc1cnn(CCN)c1. The average molecular weight is 184 g/mol. The van der Waals surface area contributed by atoms with Crippen LogP contribution in [0.4, 0.5) is 10.5 Å². The molecule has 13 heavy (non-hydrogen) atoms. The van der Waals surface area contributed by atoms with Crippen molar-refractivity contribution in [3.63, 3.8) is 0 Å². The van der Waals surface area contributed by atoms with Gasteiger partial charge in [0, 0.05) is 12.7 Å². The zero-order valence-electron chi connectivity index (χ0n) is 7.36. The Morgan fingerprint density at radius 3 is 3.23 bits per heavy atom. The Morgan fingerprint density at radius 1 is 1.85 bits per heavy atom. The van der Waals surface area contributed by atoms with Crippen LogP contribution in [-0.4, -0.2) is 29.5 Å². The van der Waals surface area contributed by atoms with Gasteiger partial charge in [-0.1, -0.05) is 0 Å². The fraction of sp³-hybridized carbons (Fsp3) is 0.429. The lowest BCUT2D eigenvalue weighted by molar-refractivity contribution is 0.187. The van der Waals surface area contributed by atoms with E-state index in [4.69, 9.17) is 5.73 Å². The van der Waals surface area contributed by atoms with Crippen LogP contribution in [0.25, 0.3) is 0 Å². The van der Waals surface area contributed by atoms with Gasteiger partial charge in [-0.15, -0.1) is 0 Å². The van der Waals surface area contributed by atoms with Crippen LogP contribution in [-0.2, 0) is 11.3 Å². The summed E-state index contributed by atoms with van der Waals surface area (Å²) in [6, 6.07) is 0. The summed E-state index contributed by atoms with van der Waals surface area (Å²) >= 11 is 0. The number of nitrogens with one attached hydrogen (secondary N) is 1. The van der Waals surface area contributed by atoms with E-state index in [0.717, 1.165) is 0 Å². The number of ether oxygens (including phenoxy) is 1. The van der Waals surface area contributed by atoms with Crippen LogP contribution >= 0.6 is 0 Å². The lowest BCUT2D eigenvalue weighted by atomic mass is 10.5. The summed E-state index contributed by atoms with van der Waals surface area (Å²) in [5.41, 5.74) is 5.92. The monoisotopic (exact) mass is 184 g/mol. The maximum absolute atomic E-state index is 10.8. The molecule has 0 aliphatic heterocycles. The van der Waals surface area contributed by atoms with Gasteiger partial charge in [-0.3, -0.25) is 10.00 Å². The van der Waals surface area contributed by atoms with E-state index >= 15 is 0 Å². The minimum absolute atomic E-state index is 0.507. The van der Waals surface area contributed by atoms with Crippen LogP contribution in [0.2, 0.25) is 0 Å². The fourth-order valence-corrected chi connectivity index (χ4v) is 0.852. The summed E-state index contributed by atoms with van der Waals surface area (Å²) in [6.45, 7) is 1.14. The molecule has 0 spiro atoms. The summed E-state index contributed by atoms with van der Waals surface area (Å²) in [6.07, 6.45) is 2.71. The molecule has 1 amide bonds.